The number of nitrogens with zero attached hydrogens (tertiary/aromatic N) is 2. The highest BCUT2D eigenvalue weighted by Crippen LogP contribution is 2.33. The zero-order valence-electron chi connectivity index (χ0n) is 15.3. The molecule has 0 aliphatic carbocycles. The maximum atomic E-state index is 6.03. The fraction of sp³-hybridized carbons (Fsp3) is 0.273. The lowest BCUT2D eigenvalue weighted by atomic mass is 10.2. The van der Waals surface area contributed by atoms with Crippen LogP contribution in [0.2, 0.25) is 0 Å². The molecule has 1 saturated heterocycles. The van der Waals surface area contributed by atoms with Crippen molar-refractivity contribution in [3.05, 3.63) is 78.1 Å². The molecule has 1 atom stereocenters. The first-order chi connectivity index (χ1) is 12.7. The summed E-state index contributed by atoms with van der Waals surface area (Å²) in [5, 5.41) is 0. The molecule has 0 spiro atoms. The second kappa shape index (κ2) is 7.26. The Balaban J connectivity index is 1.55. The summed E-state index contributed by atoms with van der Waals surface area (Å²) in [5.74, 6) is 0.897. The topological polar surface area (TPSA) is 26.6 Å². The van der Waals surface area contributed by atoms with Crippen LogP contribution in [0.3, 0.4) is 0 Å². The number of anilines is 1. The van der Waals surface area contributed by atoms with Crippen LogP contribution in [0.4, 0.5) is 5.69 Å². The second-order valence-corrected chi connectivity index (χ2v) is 6.53. The molecule has 0 radical (unpaired) electrons. The summed E-state index contributed by atoms with van der Waals surface area (Å²) in [6.07, 6.45) is 4.19. The van der Waals surface area contributed by atoms with Crippen molar-refractivity contribution in [2.45, 2.75) is 20.1 Å². The minimum Gasteiger partial charge on any atom is -0.494 e. The average molecular weight is 348 g/mol. The third kappa shape index (κ3) is 3.33. The van der Waals surface area contributed by atoms with E-state index in [4.69, 9.17) is 9.47 Å². The molecule has 4 nitrogen and oxygen atoms in total. The smallest absolute Gasteiger partial charge is 0.158 e. The zero-order valence-corrected chi connectivity index (χ0v) is 15.3. The fourth-order valence-electron chi connectivity index (χ4n) is 3.35. The average Bonchev–Trinajstić information content (AvgIpc) is 3.32. The highest BCUT2D eigenvalue weighted by atomic mass is 16.5. The van der Waals surface area contributed by atoms with Crippen molar-refractivity contribution in [2.24, 2.45) is 0 Å². The number of benzene rings is 2. The third-order valence-electron chi connectivity index (χ3n) is 4.70. The summed E-state index contributed by atoms with van der Waals surface area (Å²) in [6.45, 7) is 6.43. The summed E-state index contributed by atoms with van der Waals surface area (Å²) in [7, 11) is 0. The molecule has 1 fully saturated rings. The molecule has 4 heteroatoms. The van der Waals surface area contributed by atoms with Gasteiger partial charge >= 0.3 is 0 Å². The predicted molar refractivity (Wildman–Crippen MR) is 104 cm³/mol. The Bertz CT molecular complexity index is 853. The van der Waals surface area contributed by atoms with E-state index < -0.39 is 0 Å². The van der Waals surface area contributed by atoms with E-state index in [2.05, 4.69) is 71.2 Å². The van der Waals surface area contributed by atoms with Gasteiger partial charge in [-0.2, -0.15) is 0 Å². The minimum absolute atomic E-state index is 0.0401. The van der Waals surface area contributed by atoms with Crippen LogP contribution < -0.4 is 9.64 Å². The molecule has 1 aromatic heterocycles. The Morgan fingerprint density at radius 2 is 1.73 bits per heavy atom. The molecule has 1 aliphatic rings. The van der Waals surface area contributed by atoms with Crippen molar-refractivity contribution in [1.82, 2.24) is 4.57 Å². The lowest BCUT2D eigenvalue weighted by molar-refractivity contribution is 0.114. The number of ether oxygens (including phenoxy) is 2. The van der Waals surface area contributed by atoms with E-state index in [1.54, 1.807) is 0 Å². The van der Waals surface area contributed by atoms with E-state index in [0.29, 0.717) is 6.61 Å². The molecule has 26 heavy (non-hydrogen) atoms. The van der Waals surface area contributed by atoms with Gasteiger partial charge in [0.2, 0.25) is 0 Å². The molecular weight excluding hydrogens is 324 g/mol. The van der Waals surface area contributed by atoms with Crippen LogP contribution >= 0.6 is 0 Å². The highest BCUT2D eigenvalue weighted by Gasteiger charge is 2.27. The number of aryl methyl sites for hydroxylation is 1. The lowest BCUT2D eigenvalue weighted by Gasteiger charge is -2.24. The van der Waals surface area contributed by atoms with Gasteiger partial charge in [0, 0.05) is 35.9 Å². The molecule has 3 aromatic rings. The molecule has 1 aliphatic heterocycles. The number of aromatic nitrogens is 1. The van der Waals surface area contributed by atoms with E-state index in [-0.39, 0.29) is 6.23 Å². The van der Waals surface area contributed by atoms with Crippen LogP contribution in [0.1, 0.15) is 24.3 Å². The van der Waals surface area contributed by atoms with Crippen molar-refractivity contribution in [2.75, 3.05) is 24.7 Å². The van der Waals surface area contributed by atoms with Gasteiger partial charge in [0.05, 0.1) is 13.2 Å². The first kappa shape index (κ1) is 16.7. The Morgan fingerprint density at radius 3 is 2.46 bits per heavy atom. The van der Waals surface area contributed by atoms with E-state index in [0.717, 1.165) is 30.2 Å². The minimum atomic E-state index is -0.0401. The Hall–Kier alpha value is -2.72. The predicted octanol–water partition coefficient (Wildman–Crippen LogP) is 4.72. The number of rotatable bonds is 5. The number of hydrogen-bond donors (Lipinski definition) is 0. The zero-order chi connectivity index (χ0) is 17.9. The molecule has 0 N–H and O–H groups in total. The molecule has 134 valence electrons. The van der Waals surface area contributed by atoms with Gasteiger partial charge in [-0.15, -0.1) is 0 Å². The van der Waals surface area contributed by atoms with Gasteiger partial charge in [0.1, 0.15) is 5.75 Å². The fourth-order valence-corrected chi connectivity index (χ4v) is 3.35. The van der Waals surface area contributed by atoms with Gasteiger partial charge < -0.3 is 18.9 Å². The van der Waals surface area contributed by atoms with Crippen molar-refractivity contribution in [1.29, 1.82) is 0 Å². The van der Waals surface area contributed by atoms with Crippen LogP contribution in [0.15, 0.2) is 67.0 Å². The summed E-state index contributed by atoms with van der Waals surface area (Å²) >= 11 is 0. The van der Waals surface area contributed by atoms with E-state index in [1.165, 1.54) is 11.3 Å². The van der Waals surface area contributed by atoms with Crippen LogP contribution in [-0.4, -0.2) is 24.3 Å². The lowest BCUT2D eigenvalue weighted by Crippen LogP contribution is -2.22. The Morgan fingerprint density at radius 1 is 1.00 bits per heavy atom. The Kier molecular flexibility index (Phi) is 4.67. The quantitative estimate of drug-likeness (QED) is 0.667. The molecule has 0 saturated carbocycles. The normalized spacial score (nSPS) is 16.8. The molecule has 0 amide bonds. The van der Waals surface area contributed by atoms with E-state index in [1.807, 2.05) is 19.1 Å². The summed E-state index contributed by atoms with van der Waals surface area (Å²) in [6, 6.07) is 18.9. The monoisotopic (exact) mass is 348 g/mol. The van der Waals surface area contributed by atoms with Crippen LogP contribution in [0.5, 0.6) is 5.75 Å². The maximum Gasteiger partial charge on any atom is 0.158 e. The van der Waals surface area contributed by atoms with Crippen LogP contribution in [-0.2, 0) is 4.74 Å². The summed E-state index contributed by atoms with van der Waals surface area (Å²) < 4.78 is 13.7. The Labute approximate surface area is 154 Å². The van der Waals surface area contributed by atoms with E-state index >= 15 is 0 Å². The largest absolute Gasteiger partial charge is 0.494 e. The van der Waals surface area contributed by atoms with Gasteiger partial charge in [0.15, 0.2) is 6.23 Å². The molecule has 2 heterocycles. The summed E-state index contributed by atoms with van der Waals surface area (Å²) in [4.78, 5) is 2.32. The van der Waals surface area contributed by atoms with Gasteiger partial charge in [0.25, 0.3) is 0 Å². The first-order valence-electron chi connectivity index (χ1n) is 9.10. The van der Waals surface area contributed by atoms with Gasteiger partial charge in [-0.25, -0.2) is 0 Å². The van der Waals surface area contributed by atoms with Crippen LogP contribution in [0, 0.1) is 6.92 Å². The molecule has 4 rings (SSSR count). The SMILES string of the molecule is CCOc1ccc(-n2ccc([C@H]3OCCN3c3ccc(C)cc3)c2)cc1. The molecular formula is C22H24N2O2. The second-order valence-electron chi connectivity index (χ2n) is 6.53. The van der Waals surface area contributed by atoms with E-state index in [9.17, 15) is 0 Å². The van der Waals surface area contributed by atoms with Gasteiger partial charge in [-0.1, -0.05) is 17.7 Å². The number of hydrogen-bond acceptors (Lipinski definition) is 3. The van der Waals surface area contributed by atoms with Crippen molar-refractivity contribution in [3.63, 3.8) is 0 Å². The molecule has 0 bridgehead atoms. The van der Waals surface area contributed by atoms with Crippen molar-refractivity contribution < 1.29 is 9.47 Å². The highest BCUT2D eigenvalue weighted by molar-refractivity contribution is 5.50. The maximum absolute atomic E-state index is 6.03. The molecule has 0 unspecified atom stereocenters. The standard InChI is InChI=1S/C22H24N2O2/c1-3-25-21-10-8-19(9-11-21)23-13-12-18(16-23)22-24(14-15-26-22)20-6-4-17(2)5-7-20/h4-13,16,22H,3,14-15H2,1-2H3/t22-/m1/s1. The van der Waals surface area contributed by atoms with Gasteiger partial charge in [-0.05, 0) is 56.3 Å². The first-order valence-corrected chi connectivity index (χ1v) is 9.10. The molecule has 2 aromatic carbocycles. The van der Waals surface area contributed by atoms with Crippen LogP contribution in [0.25, 0.3) is 5.69 Å². The van der Waals surface area contributed by atoms with Crippen molar-refractivity contribution in [3.8, 4) is 11.4 Å². The van der Waals surface area contributed by atoms with Crippen molar-refractivity contribution >= 4 is 5.69 Å². The third-order valence-corrected chi connectivity index (χ3v) is 4.70. The summed E-state index contributed by atoms with van der Waals surface area (Å²) in [5.41, 5.74) is 4.75. The van der Waals surface area contributed by atoms with Gasteiger partial charge in [-0.3, -0.25) is 0 Å².